The molecule has 0 fully saturated rings. The van der Waals surface area contributed by atoms with Gasteiger partial charge in [0.1, 0.15) is 11.5 Å². The van der Waals surface area contributed by atoms with Crippen molar-refractivity contribution in [3.05, 3.63) is 119 Å². The molecule has 0 aliphatic carbocycles. The second-order valence-corrected chi connectivity index (χ2v) is 9.02. The Hall–Kier alpha value is -4.25. The zero-order chi connectivity index (χ0) is 28.8. The molecule has 3 aromatic carbocycles. The minimum absolute atomic E-state index is 0.0793. The van der Waals surface area contributed by atoms with Gasteiger partial charge in [-0.1, -0.05) is 54.6 Å². The van der Waals surface area contributed by atoms with Crippen molar-refractivity contribution in [2.24, 2.45) is 0 Å². The Balaban J connectivity index is 1.84. The van der Waals surface area contributed by atoms with E-state index in [1.165, 1.54) is 36.5 Å². The largest absolute Gasteiger partial charge is 0.573 e. The summed E-state index contributed by atoms with van der Waals surface area (Å²) in [5.41, 5.74) is 1.01. The second kappa shape index (κ2) is 11.9. The van der Waals surface area contributed by atoms with Crippen LogP contribution >= 0.6 is 0 Å². The van der Waals surface area contributed by atoms with Crippen LogP contribution < -0.4 is 14.8 Å². The molecule has 0 saturated heterocycles. The normalized spacial score (nSPS) is 12.2. The molecule has 4 aromatic rings. The van der Waals surface area contributed by atoms with Gasteiger partial charge in [-0.3, -0.25) is 0 Å². The minimum Gasteiger partial charge on any atom is -0.493 e. The molecule has 210 valence electrons. The fourth-order valence-electron chi connectivity index (χ4n) is 4.55. The number of hydrogen-bond acceptors (Lipinski definition) is 5. The van der Waals surface area contributed by atoms with Crippen LogP contribution in [0.4, 0.5) is 26.3 Å². The molecule has 0 amide bonds. The van der Waals surface area contributed by atoms with Crippen LogP contribution in [0.5, 0.6) is 17.4 Å². The topological polar surface area (TPSA) is 63.6 Å². The van der Waals surface area contributed by atoms with Gasteiger partial charge in [0.05, 0.1) is 0 Å². The van der Waals surface area contributed by atoms with Crippen LogP contribution in [0.3, 0.4) is 0 Å². The standard InChI is InChI=1S/C29H24F6N2O3/c30-28(31,32)39-24-10-4-8-22(15-24)27(17-20-6-2-1-3-7-20,19-36-18-21-12-13-37-26(38)14-21)23-9-5-11-25(16-23)40-29(33,34)35/h1-16,36H,17-19H2,(H,37,38). The maximum atomic E-state index is 13.1. The molecule has 0 aliphatic rings. The summed E-state index contributed by atoms with van der Waals surface area (Å²) < 4.78 is 86.9. The first-order valence-corrected chi connectivity index (χ1v) is 12.0. The summed E-state index contributed by atoms with van der Waals surface area (Å²) in [5, 5.41) is 13.0. The van der Waals surface area contributed by atoms with Crippen LogP contribution in [0.25, 0.3) is 0 Å². The zero-order valence-electron chi connectivity index (χ0n) is 20.8. The third kappa shape index (κ3) is 7.89. The smallest absolute Gasteiger partial charge is 0.493 e. The van der Waals surface area contributed by atoms with E-state index in [-0.39, 0.29) is 25.4 Å². The molecule has 0 spiro atoms. The Morgan fingerprint density at radius 3 is 1.77 bits per heavy atom. The van der Waals surface area contributed by atoms with Gasteiger partial charge in [-0.15, -0.1) is 26.3 Å². The highest BCUT2D eigenvalue weighted by Gasteiger charge is 2.38. The number of aromatic hydroxyl groups is 1. The van der Waals surface area contributed by atoms with Gasteiger partial charge in [-0.2, -0.15) is 0 Å². The quantitative estimate of drug-likeness (QED) is 0.206. The Bertz CT molecular complexity index is 1350. The predicted molar refractivity (Wildman–Crippen MR) is 135 cm³/mol. The van der Waals surface area contributed by atoms with Crippen LogP contribution in [-0.4, -0.2) is 29.4 Å². The summed E-state index contributed by atoms with van der Waals surface area (Å²) in [4.78, 5) is 3.74. The second-order valence-electron chi connectivity index (χ2n) is 9.02. The number of rotatable bonds is 10. The molecule has 0 atom stereocenters. The van der Waals surface area contributed by atoms with E-state index in [1.807, 2.05) is 12.1 Å². The van der Waals surface area contributed by atoms with Gasteiger partial charge in [-0.05, 0) is 59.0 Å². The Kier molecular flexibility index (Phi) is 8.53. The van der Waals surface area contributed by atoms with Crippen LogP contribution in [0.15, 0.2) is 97.2 Å². The molecular weight excluding hydrogens is 538 g/mol. The highest BCUT2D eigenvalue weighted by Crippen LogP contribution is 2.40. The first-order valence-electron chi connectivity index (χ1n) is 12.0. The number of ether oxygens (including phenoxy) is 2. The monoisotopic (exact) mass is 562 g/mol. The maximum absolute atomic E-state index is 13.1. The summed E-state index contributed by atoms with van der Waals surface area (Å²) in [6, 6.07) is 22.9. The van der Waals surface area contributed by atoms with Crippen LogP contribution in [0.1, 0.15) is 22.3 Å². The van der Waals surface area contributed by atoms with Crippen molar-refractivity contribution >= 4 is 0 Å². The first kappa shape index (κ1) is 28.8. The number of hydrogen-bond donors (Lipinski definition) is 2. The highest BCUT2D eigenvalue weighted by atomic mass is 19.4. The Morgan fingerprint density at radius 2 is 1.25 bits per heavy atom. The van der Waals surface area contributed by atoms with E-state index in [4.69, 9.17) is 0 Å². The van der Waals surface area contributed by atoms with Gasteiger partial charge < -0.3 is 19.9 Å². The molecule has 0 unspecified atom stereocenters. The van der Waals surface area contributed by atoms with Crippen molar-refractivity contribution in [1.29, 1.82) is 0 Å². The fourth-order valence-corrected chi connectivity index (χ4v) is 4.55. The van der Waals surface area contributed by atoms with Crippen LogP contribution in [0.2, 0.25) is 0 Å². The number of benzene rings is 3. The molecule has 11 heteroatoms. The van der Waals surface area contributed by atoms with Gasteiger partial charge in [0.2, 0.25) is 5.88 Å². The lowest BCUT2D eigenvalue weighted by Crippen LogP contribution is -2.41. The highest BCUT2D eigenvalue weighted by molar-refractivity contribution is 5.47. The summed E-state index contributed by atoms with van der Waals surface area (Å²) in [5.74, 6) is -1.13. The average Bonchev–Trinajstić information content (AvgIpc) is 2.87. The minimum atomic E-state index is -4.94. The van der Waals surface area contributed by atoms with E-state index in [1.54, 1.807) is 36.4 Å². The molecule has 0 radical (unpaired) electrons. The van der Waals surface area contributed by atoms with Gasteiger partial charge in [0.25, 0.3) is 0 Å². The van der Waals surface area contributed by atoms with Crippen LogP contribution in [0, 0.1) is 0 Å². The predicted octanol–water partition coefficient (Wildman–Crippen LogP) is 6.90. The van der Waals surface area contributed by atoms with Gasteiger partial charge >= 0.3 is 12.7 Å². The zero-order valence-corrected chi connectivity index (χ0v) is 20.8. The lowest BCUT2D eigenvalue weighted by Gasteiger charge is -2.36. The van der Waals surface area contributed by atoms with Crippen molar-refractivity contribution in [1.82, 2.24) is 10.3 Å². The number of pyridine rings is 1. The number of nitrogens with zero attached hydrogens (tertiary/aromatic N) is 1. The molecule has 0 saturated carbocycles. The summed E-state index contributed by atoms with van der Waals surface area (Å²) in [6.07, 6.45) is -8.27. The molecule has 2 N–H and O–H groups in total. The summed E-state index contributed by atoms with van der Waals surface area (Å²) in [7, 11) is 0. The first-order chi connectivity index (χ1) is 18.9. The molecule has 4 rings (SSSR count). The molecule has 1 aromatic heterocycles. The molecule has 1 heterocycles. The number of aromatic nitrogens is 1. The molecular formula is C29H24F6N2O3. The molecule has 40 heavy (non-hydrogen) atoms. The van der Waals surface area contributed by atoms with E-state index in [0.717, 1.165) is 17.7 Å². The van der Waals surface area contributed by atoms with Gasteiger partial charge in [0, 0.05) is 30.8 Å². The third-order valence-corrected chi connectivity index (χ3v) is 6.15. The van der Waals surface area contributed by atoms with E-state index >= 15 is 0 Å². The van der Waals surface area contributed by atoms with Crippen molar-refractivity contribution in [3.63, 3.8) is 0 Å². The lowest BCUT2D eigenvalue weighted by molar-refractivity contribution is -0.275. The summed E-state index contributed by atoms with van der Waals surface area (Å²) >= 11 is 0. The van der Waals surface area contributed by atoms with Crippen molar-refractivity contribution in [3.8, 4) is 17.4 Å². The molecule has 0 aliphatic heterocycles. The number of alkyl halides is 6. The van der Waals surface area contributed by atoms with E-state index < -0.39 is 29.6 Å². The SMILES string of the molecule is Oc1cc(CNCC(Cc2ccccc2)(c2cccc(OC(F)(F)F)c2)c2cccc(OC(F)(F)F)c2)ccn1. The summed E-state index contributed by atoms with van der Waals surface area (Å²) in [6.45, 7) is 0.306. The van der Waals surface area contributed by atoms with Crippen molar-refractivity contribution < 1.29 is 40.9 Å². The van der Waals surface area contributed by atoms with Gasteiger partial charge in [-0.25, -0.2) is 4.98 Å². The number of nitrogens with one attached hydrogen (secondary N) is 1. The van der Waals surface area contributed by atoms with E-state index in [2.05, 4.69) is 19.8 Å². The average molecular weight is 563 g/mol. The van der Waals surface area contributed by atoms with Gasteiger partial charge in [0.15, 0.2) is 0 Å². The molecule has 0 bridgehead atoms. The van der Waals surface area contributed by atoms with Crippen molar-refractivity contribution in [2.45, 2.75) is 31.1 Å². The Labute approximate surface area is 226 Å². The lowest BCUT2D eigenvalue weighted by atomic mass is 9.70. The van der Waals surface area contributed by atoms with E-state index in [9.17, 15) is 31.4 Å². The maximum Gasteiger partial charge on any atom is 0.573 e. The van der Waals surface area contributed by atoms with Crippen molar-refractivity contribution in [2.75, 3.05) is 6.54 Å². The van der Waals surface area contributed by atoms with E-state index in [0.29, 0.717) is 16.7 Å². The van der Waals surface area contributed by atoms with Crippen LogP contribution in [-0.2, 0) is 18.4 Å². The Morgan fingerprint density at radius 1 is 0.675 bits per heavy atom. The molecule has 5 nitrogen and oxygen atoms in total. The number of halogens is 6. The fraction of sp³-hybridized carbons (Fsp3) is 0.207. The third-order valence-electron chi connectivity index (χ3n) is 6.15.